The van der Waals surface area contributed by atoms with E-state index in [4.69, 9.17) is 4.99 Å². The second kappa shape index (κ2) is 10.0. The lowest BCUT2D eigenvalue weighted by molar-refractivity contribution is 0.293. The van der Waals surface area contributed by atoms with Crippen LogP contribution in [0.1, 0.15) is 50.2 Å². The number of guanidine groups is 1. The number of rotatable bonds is 6. The average molecular weight is 411 g/mol. The highest BCUT2D eigenvalue weighted by molar-refractivity contribution is 8.00. The molecule has 1 aliphatic carbocycles. The van der Waals surface area contributed by atoms with Crippen molar-refractivity contribution in [2.45, 2.75) is 56.7 Å². The first-order valence-electron chi connectivity index (χ1n) is 10.1. The van der Waals surface area contributed by atoms with Gasteiger partial charge in [0.05, 0.1) is 0 Å². The van der Waals surface area contributed by atoms with E-state index < -0.39 is 0 Å². The van der Waals surface area contributed by atoms with Crippen LogP contribution in [0.5, 0.6) is 0 Å². The van der Waals surface area contributed by atoms with Crippen molar-refractivity contribution in [2.24, 2.45) is 12.0 Å². The summed E-state index contributed by atoms with van der Waals surface area (Å²) in [7, 11) is 2.01. The van der Waals surface area contributed by atoms with Crippen molar-refractivity contribution < 1.29 is 0 Å². The minimum absolute atomic E-state index is 0.444. The first-order valence-corrected chi connectivity index (χ1v) is 12.5. The Kier molecular flexibility index (Phi) is 7.75. The topological polar surface area (TPSA) is 58.3 Å². The molecule has 152 valence electrons. The molecule has 1 saturated carbocycles. The molecule has 2 heterocycles. The number of aromatic nitrogens is 3. The van der Waals surface area contributed by atoms with Crippen molar-refractivity contribution in [2.75, 3.05) is 37.4 Å². The Morgan fingerprint density at radius 1 is 1.30 bits per heavy atom. The summed E-state index contributed by atoms with van der Waals surface area (Å²) in [5.41, 5.74) is 0. The van der Waals surface area contributed by atoms with Crippen LogP contribution in [0, 0.1) is 6.92 Å². The molecular formula is C19H34N6S2. The molecule has 0 bridgehead atoms. The molecule has 1 aromatic heterocycles. The third-order valence-corrected chi connectivity index (χ3v) is 7.91. The molecule has 1 spiro atoms. The van der Waals surface area contributed by atoms with E-state index in [1.54, 1.807) is 0 Å². The predicted molar refractivity (Wildman–Crippen MR) is 118 cm³/mol. The molecule has 3 rings (SSSR count). The lowest BCUT2D eigenvalue weighted by atomic mass is 9.87. The smallest absolute Gasteiger partial charge is 0.194 e. The van der Waals surface area contributed by atoms with Gasteiger partial charge in [-0.25, -0.2) is 4.99 Å². The zero-order valence-electron chi connectivity index (χ0n) is 17.0. The molecule has 2 aliphatic rings. The van der Waals surface area contributed by atoms with E-state index in [2.05, 4.69) is 38.4 Å². The van der Waals surface area contributed by atoms with Gasteiger partial charge < -0.3 is 14.8 Å². The van der Waals surface area contributed by atoms with E-state index in [0.29, 0.717) is 11.3 Å². The monoisotopic (exact) mass is 410 g/mol. The van der Waals surface area contributed by atoms with Crippen molar-refractivity contribution in [3.63, 3.8) is 0 Å². The summed E-state index contributed by atoms with van der Waals surface area (Å²) < 4.78 is 2.48. The molecule has 1 aromatic rings. The Morgan fingerprint density at radius 2 is 2.11 bits per heavy atom. The van der Waals surface area contributed by atoms with E-state index in [1.807, 2.05) is 30.3 Å². The van der Waals surface area contributed by atoms with Crippen molar-refractivity contribution in [1.29, 1.82) is 0 Å². The highest BCUT2D eigenvalue weighted by Crippen LogP contribution is 2.42. The highest BCUT2D eigenvalue weighted by Gasteiger charge is 2.38. The van der Waals surface area contributed by atoms with Gasteiger partial charge in [0.15, 0.2) is 11.8 Å². The average Bonchev–Trinajstić information content (AvgIpc) is 3.00. The van der Waals surface area contributed by atoms with Gasteiger partial charge in [0.2, 0.25) is 0 Å². The molecule has 1 saturated heterocycles. The summed E-state index contributed by atoms with van der Waals surface area (Å²) in [4.78, 5) is 7.46. The lowest BCUT2D eigenvalue weighted by Crippen LogP contribution is -2.53. The molecule has 0 atom stereocenters. The number of hydrogen-bond acceptors (Lipinski definition) is 5. The number of aliphatic imine (C=N–C) groups is 1. The maximum absolute atomic E-state index is 4.96. The van der Waals surface area contributed by atoms with Crippen LogP contribution in [-0.4, -0.2) is 67.8 Å². The zero-order chi connectivity index (χ0) is 19.1. The van der Waals surface area contributed by atoms with E-state index >= 15 is 0 Å². The Morgan fingerprint density at radius 3 is 2.81 bits per heavy atom. The van der Waals surface area contributed by atoms with Crippen LogP contribution in [0.15, 0.2) is 4.99 Å². The minimum Gasteiger partial charge on any atom is -0.356 e. The molecule has 8 heteroatoms. The number of hydrogen-bond donors (Lipinski definition) is 1. The SMILES string of the molecule is CSCCCNC(=NCc1nnc(C)n1C)N1CCSC2(CCCCC2)C1. The van der Waals surface area contributed by atoms with Crippen LogP contribution in [0.4, 0.5) is 0 Å². The third kappa shape index (κ3) is 5.56. The zero-order valence-corrected chi connectivity index (χ0v) is 18.7. The number of aryl methyl sites for hydroxylation is 1. The van der Waals surface area contributed by atoms with Crippen LogP contribution in [-0.2, 0) is 13.6 Å². The van der Waals surface area contributed by atoms with Gasteiger partial charge in [-0.2, -0.15) is 23.5 Å². The van der Waals surface area contributed by atoms with Gasteiger partial charge in [0.25, 0.3) is 0 Å². The van der Waals surface area contributed by atoms with Crippen LogP contribution < -0.4 is 5.32 Å². The first kappa shape index (κ1) is 20.8. The normalized spacial score (nSPS) is 20.3. The quantitative estimate of drug-likeness (QED) is 0.442. The second-order valence-corrected chi connectivity index (χ2v) is 10.2. The molecule has 1 N–H and O–H groups in total. The van der Waals surface area contributed by atoms with E-state index in [0.717, 1.165) is 43.7 Å². The number of nitrogens with one attached hydrogen (secondary N) is 1. The summed E-state index contributed by atoms with van der Waals surface area (Å²) in [6, 6.07) is 0. The fourth-order valence-corrected chi connectivity index (χ4v) is 5.95. The maximum Gasteiger partial charge on any atom is 0.194 e. The summed E-state index contributed by atoms with van der Waals surface area (Å²) in [6.07, 6.45) is 10.2. The van der Waals surface area contributed by atoms with E-state index in [9.17, 15) is 0 Å². The Bertz CT molecular complexity index is 618. The van der Waals surface area contributed by atoms with Gasteiger partial charge in [-0.05, 0) is 38.2 Å². The summed E-state index contributed by atoms with van der Waals surface area (Å²) in [5.74, 6) is 5.30. The molecule has 2 fully saturated rings. The van der Waals surface area contributed by atoms with Crippen LogP contribution in [0.2, 0.25) is 0 Å². The molecule has 6 nitrogen and oxygen atoms in total. The second-order valence-electron chi connectivity index (χ2n) is 7.65. The molecule has 0 aromatic carbocycles. The van der Waals surface area contributed by atoms with Gasteiger partial charge in [0, 0.05) is 37.2 Å². The van der Waals surface area contributed by atoms with E-state index in [1.165, 1.54) is 43.6 Å². The Hall–Kier alpha value is -0.890. The predicted octanol–water partition coefficient (Wildman–Crippen LogP) is 3.07. The molecule has 1 aliphatic heterocycles. The number of thioether (sulfide) groups is 2. The molecule has 0 unspecified atom stereocenters. The fraction of sp³-hybridized carbons (Fsp3) is 0.842. The van der Waals surface area contributed by atoms with Crippen LogP contribution in [0.25, 0.3) is 0 Å². The maximum atomic E-state index is 4.96. The summed E-state index contributed by atoms with van der Waals surface area (Å²) in [5, 5.41) is 12.1. The molecule has 27 heavy (non-hydrogen) atoms. The van der Waals surface area contributed by atoms with Gasteiger partial charge in [0.1, 0.15) is 12.4 Å². The summed E-state index contributed by atoms with van der Waals surface area (Å²) >= 11 is 4.11. The Labute approximate surface area is 172 Å². The standard InChI is InChI=1S/C19H34N6S2/c1-16-22-23-17(24(16)2)14-21-18(20-10-7-12-26-3)25-11-13-27-19(15-25)8-5-4-6-9-19/h4-15H2,1-3H3,(H,20,21). The summed E-state index contributed by atoms with van der Waals surface area (Å²) in [6.45, 7) is 5.76. The van der Waals surface area contributed by atoms with Gasteiger partial charge in [-0.15, -0.1) is 10.2 Å². The first-order chi connectivity index (χ1) is 13.1. The van der Waals surface area contributed by atoms with E-state index in [-0.39, 0.29) is 0 Å². The van der Waals surface area contributed by atoms with Gasteiger partial charge in [-0.3, -0.25) is 0 Å². The van der Waals surface area contributed by atoms with Crippen LogP contribution in [0.3, 0.4) is 0 Å². The lowest BCUT2D eigenvalue weighted by Gasteiger charge is -2.45. The fourth-order valence-electron chi connectivity index (χ4n) is 3.94. The third-order valence-electron chi connectivity index (χ3n) is 5.67. The molecule has 0 amide bonds. The Balaban J connectivity index is 1.69. The van der Waals surface area contributed by atoms with Gasteiger partial charge >= 0.3 is 0 Å². The number of nitrogens with zero attached hydrogens (tertiary/aromatic N) is 5. The highest BCUT2D eigenvalue weighted by atomic mass is 32.2. The van der Waals surface area contributed by atoms with Crippen molar-refractivity contribution in [3.8, 4) is 0 Å². The molecular weight excluding hydrogens is 376 g/mol. The van der Waals surface area contributed by atoms with Crippen molar-refractivity contribution in [3.05, 3.63) is 11.6 Å². The molecule has 0 radical (unpaired) electrons. The minimum atomic E-state index is 0.444. The van der Waals surface area contributed by atoms with Crippen molar-refractivity contribution >= 4 is 29.5 Å². The van der Waals surface area contributed by atoms with Crippen molar-refractivity contribution in [1.82, 2.24) is 25.0 Å². The van der Waals surface area contributed by atoms with Crippen LogP contribution >= 0.6 is 23.5 Å². The largest absolute Gasteiger partial charge is 0.356 e. The van der Waals surface area contributed by atoms with Gasteiger partial charge in [-0.1, -0.05) is 19.3 Å².